The molecule has 1 saturated carbocycles. The van der Waals surface area contributed by atoms with Crippen molar-refractivity contribution < 1.29 is 18.8 Å². The highest BCUT2D eigenvalue weighted by molar-refractivity contribution is 5.70. The minimum Gasteiger partial charge on any atom is -0.426 e. The lowest BCUT2D eigenvalue weighted by atomic mass is 9.63. The van der Waals surface area contributed by atoms with Crippen molar-refractivity contribution in [1.82, 2.24) is 9.78 Å². The first kappa shape index (κ1) is 28.0. The van der Waals surface area contributed by atoms with Crippen LogP contribution in [0.4, 0.5) is 0 Å². The molecule has 2 aromatic carbocycles. The first-order chi connectivity index (χ1) is 18.1. The lowest BCUT2D eigenvalue weighted by molar-refractivity contribution is -0.689. The van der Waals surface area contributed by atoms with Crippen LogP contribution < -0.4 is 9.30 Å². The maximum atomic E-state index is 11.4. The van der Waals surface area contributed by atoms with Gasteiger partial charge in [-0.15, -0.1) is 4.68 Å². The van der Waals surface area contributed by atoms with E-state index in [0.29, 0.717) is 24.1 Å². The van der Waals surface area contributed by atoms with Crippen molar-refractivity contribution in [3.8, 4) is 5.75 Å². The summed E-state index contributed by atoms with van der Waals surface area (Å²) in [6.07, 6.45) is 8.87. The number of rotatable bonds is 9. The lowest BCUT2D eigenvalue weighted by Gasteiger charge is -2.46. The van der Waals surface area contributed by atoms with Crippen LogP contribution in [0.3, 0.4) is 0 Å². The van der Waals surface area contributed by atoms with Crippen LogP contribution in [0.15, 0.2) is 49.1 Å². The van der Waals surface area contributed by atoms with Gasteiger partial charge in [0, 0.05) is 25.1 Å². The largest absolute Gasteiger partial charge is 0.426 e. The standard InChI is InChI=1S/C32H44N3O3/c1-22-8-10-26(11-9-22)12-13-28-14-15-32(5,6)31(37-7)29(28)19-35-21-34(20-33-35)18-27-16-23(2)30(24(3)17-27)38-25(4)36/h8-11,16-17,20-21,28-29,31H,12-15,18-19H2,1-7H3/q+1/t28-,29?,31+/m1/s1. The van der Waals surface area contributed by atoms with Crippen molar-refractivity contribution in [3.05, 3.63) is 76.9 Å². The summed E-state index contributed by atoms with van der Waals surface area (Å²) in [5, 5.41) is 4.74. The SMILES string of the molecule is CO[C@H]1C(Cn2c[n+](Cc3cc(C)c(OC(C)=O)c(C)c3)cn2)[C@H](CCc2ccc(C)cc2)CCC1(C)C. The fourth-order valence-electron chi connectivity index (χ4n) is 6.35. The van der Waals surface area contributed by atoms with Gasteiger partial charge in [-0.3, -0.25) is 4.79 Å². The molecule has 4 rings (SSSR count). The highest BCUT2D eigenvalue weighted by Gasteiger charge is 2.45. The molecular formula is C32H44N3O3+. The Bertz CT molecular complexity index is 1220. The highest BCUT2D eigenvalue weighted by Crippen LogP contribution is 2.45. The van der Waals surface area contributed by atoms with Gasteiger partial charge in [-0.2, -0.15) is 0 Å². The Hall–Kier alpha value is -2.99. The van der Waals surface area contributed by atoms with Crippen LogP contribution in [-0.2, 0) is 29.0 Å². The highest BCUT2D eigenvalue weighted by atomic mass is 16.5. The molecule has 1 unspecified atom stereocenters. The van der Waals surface area contributed by atoms with Crippen molar-refractivity contribution in [2.75, 3.05) is 7.11 Å². The average Bonchev–Trinajstić information content (AvgIpc) is 3.28. The van der Waals surface area contributed by atoms with E-state index in [-0.39, 0.29) is 17.5 Å². The number of esters is 1. The number of methoxy groups -OCH3 is 1. The first-order valence-electron chi connectivity index (χ1n) is 13.8. The Morgan fingerprint density at radius 1 is 1.11 bits per heavy atom. The smallest absolute Gasteiger partial charge is 0.308 e. The summed E-state index contributed by atoms with van der Waals surface area (Å²) in [7, 11) is 1.87. The molecule has 1 heterocycles. The summed E-state index contributed by atoms with van der Waals surface area (Å²) in [6.45, 7) is 13.8. The van der Waals surface area contributed by atoms with Crippen molar-refractivity contribution >= 4 is 5.97 Å². The molecule has 0 bridgehead atoms. The van der Waals surface area contributed by atoms with Gasteiger partial charge in [-0.25, -0.2) is 4.57 Å². The zero-order valence-corrected chi connectivity index (χ0v) is 24.2. The van der Waals surface area contributed by atoms with E-state index >= 15 is 0 Å². The van der Waals surface area contributed by atoms with Gasteiger partial charge in [-0.05, 0) is 92.2 Å². The van der Waals surface area contributed by atoms with E-state index in [1.165, 1.54) is 30.9 Å². The van der Waals surface area contributed by atoms with E-state index < -0.39 is 0 Å². The van der Waals surface area contributed by atoms with E-state index in [0.717, 1.165) is 36.1 Å². The molecule has 6 heteroatoms. The van der Waals surface area contributed by atoms with Gasteiger partial charge < -0.3 is 9.47 Å². The molecule has 0 saturated heterocycles. The van der Waals surface area contributed by atoms with Gasteiger partial charge >= 0.3 is 5.97 Å². The predicted octanol–water partition coefficient (Wildman–Crippen LogP) is 5.77. The molecule has 0 N–H and O–H groups in total. The Morgan fingerprint density at radius 3 is 2.42 bits per heavy atom. The van der Waals surface area contributed by atoms with Gasteiger partial charge in [0.05, 0.1) is 12.6 Å². The number of nitrogens with zero attached hydrogens (tertiary/aromatic N) is 3. The summed E-state index contributed by atoms with van der Waals surface area (Å²) >= 11 is 0. The van der Waals surface area contributed by atoms with Crippen LogP contribution in [0.25, 0.3) is 0 Å². The zero-order valence-electron chi connectivity index (χ0n) is 24.2. The second-order valence-corrected chi connectivity index (χ2v) is 11.9. The average molecular weight is 519 g/mol. The fraction of sp³-hybridized carbons (Fsp3) is 0.531. The van der Waals surface area contributed by atoms with E-state index in [1.54, 1.807) is 0 Å². The quantitative estimate of drug-likeness (QED) is 0.205. The van der Waals surface area contributed by atoms with Crippen molar-refractivity contribution in [3.63, 3.8) is 0 Å². The van der Waals surface area contributed by atoms with Crippen LogP contribution >= 0.6 is 0 Å². The third-order valence-corrected chi connectivity index (χ3v) is 8.26. The molecule has 3 atom stereocenters. The minimum atomic E-state index is -0.294. The third-order valence-electron chi connectivity index (χ3n) is 8.26. The van der Waals surface area contributed by atoms with Crippen molar-refractivity contribution in [2.45, 2.75) is 86.4 Å². The number of carbonyl (C=O) groups is 1. The molecule has 38 heavy (non-hydrogen) atoms. The number of carbonyl (C=O) groups excluding carboxylic acids is 1. The molecule has 0 spiro atoms. The molecule has 0 amide bonds. The van der Waals surface area contributed by atoms with Gasteiger partial charge in [-0.1, -0.05) is 43.7 Å². The summed E-state index contributed by atoms with van der Waals surface area (Å²) in [5.74, 6) is 1.35. The first-order valence-corrected chi connectivity index (χ1v) is 13.8. The Kier molecular flexibility index (Phi) is 8.71. The molecule has 0 aliphatic heterocycles. The monoisotopic (exact) mass is 518 g/mol. The maximum absolute atomic E-state index is 11.4. The molecule has 1 aliphatic carbocycles. The van der Waals surface area contributed by atoms with Crippen LogP contribution in [0.2, 0.25) is 0 Å². The topological polar surface area (TPSA) is 57.2 Å². The Balaban J connectivity index is 1.48. The third kappa shape index (κ3) is 6.71. The van der Waals surface area contributed by atoms with Crippen molar-refractivity contribution in [2.24, 2.45) is 17.3 Å². The Labute approximate surface area is 228 Å². The fourth-order valence-corrected chi connectivity index (χ4v) is 6.35. The summed E-state index contributed by atoms with van der Waals surface area (Å²) in [5.41, 5.74) is 5.95. The number of aryl methyl sites for hydroxylation is 4. The molecule has 6 nitrogen and oxygen atoms in total. The number of hydrogen-bond donors (Lipinski definition) is 0. The number of ether oxygens (including phenoxy) is 2. The van der Waals surface area contributed by atoms with Gasteiger partial charge in [0.1, 0.15) is 12.3 Å². The molecule has 3 aromatic rings. The van der Waals surface area contributed by atoms with Gasteiger partial charge in [0.2, 0.25) is 6.33 Å². The molecule has 1 aliphatic rings. The van der Waals surface area contributed by atoms with Crippen LogP contribution in [0.1, 0.15) is 67.9 Å². The maximum Gasteiger partial charge on any atom is 0.308 e. The minimum absolute atomic E-state index is 0.141. The normalized spacial score (nSPS) is 20.9. The predicted molar refractivity (Wildman–Crippen MR) is 149 cm³/mol. The van der Waals surface area contributed by atoms with E-state index in [1.807, 2.05) is 27.3 Å². The lowest BCUT2D eigenvalue weighted by Crippen LogP contribution is -2.47. The van der Waals surface area contributed by atoms with Crippen LogP contribution in [0.5, 0.6) is 5.75 Å². The summed E-state index contributed by atoms with van der Waals surface area (Å²) in [4.78, 5) is 11.4. The van der Waals surface area contributed by atoms with E-state index in [9.17, 15) is 4.79 Å². The van der Waals surface area contributed by atoms with Crippen molar-refractivity contribution in [1.29, 1.82) is 0 Å². The zero-order chi connectivity index (χ0) is 27.4. The molecule has 204 valence electrons. The second-order valence-electron chi connectivity index (χ2n) is 11.9. The van der Waals surface area contributed by atoms with Crippen LogP contribution in [0, 0.1) is 38.0 Å². The number of aromatic nitrogens is 3. The molecule has 0 radical (unpaired) electrons. The van der Waals surface area contributed by atoms with E-state index in [4.69, 9.17) is 14.6 Å². The Morgan fingerprint density at radius 2 is 1.79 bits per heavy atom. The van der Waals surface area contributed by atoms with Gasteiger partial charge in [0.25, 0.3) is 6.33 Å². The molecule has 1 fully saturated rings. The molecule has 1 aromatic heterocycles. The van der Waals surface area contributed by atoms with Crippen LogP contribution in [-0.4, -0.2) is 29.0 Å². The summed E-state index contributed by atoms with van der Waals surface area (Å²) < 4.78 is 15.8. The van der Waals surface area contributed by atoms with Gasteiger partial charge in [0.15, 0.2) is 0 Å². The number of hydrogen-bond acceptors (Lipinski definition) is 4. The molecular weight excluding hydrogens is 474 g/mol. The summed E-state index contributed by atoms with van der Waals surface area (Å²) in [6, 6.07) is 13.1. The second kappa shape index (κ2) is 11.8. The van der Waals surface area contributed by atoms with E-state index in [2.05, 4.69) is 72.7 Å². The number of benzene rings is 2.